The second-order valence-electron chi connectivity index (χ2n) is 4.72. The van der Waals surface area contributed by atoms with Gasteiger partial charge in [0.05, 0.1) is 14.2 Å². The molecule has 1 heterocycles. The second-order valence-corrected chi connectivity index (χ2v) is 4.72. The third-order valence-electron chi connectivity index (χ3n) is 3.53. The lowest BCUT2D eigenvalue weighted by molar-refractivity contribution is 0.112. The van der Waals surface area contributed by atoms with Crippen molar-refractivity contribution in [3.8, 4) is 11.5 Å². The number of carbonyl (C=O) groups is 1. The predicted octanol–water partition coefficient (Wildman–Crippen LogP) is 2.98. The Kier molecular flexibility index (Phi) is 4.13. The molecular weight excluding hydrogens is 254 g/mol. The fourth-order valence-corrected chi connectivity index (χ4v) is 2.35. The summed E-state index contributed by atoms with van der Waals surface area (Å²) in [5.74, 6) is 1.42. The number of aromatic nitrogens is 1. The van der Waals surface area contributed by atoms with Crippen LogP contribution in [0.2, 0.25) is 0 Å². The van der Waals surface area contributed by atoms with Crippen LogP contribution in [-0.4, -0.2) is 25.1 Å². The van der Waals surface area contributed by atoms with Gasteiger partial charge in [-0.15, -0.1) is 0 Å². The van der Waals surface area contributed by atoms with E-state index in [-0.39, 0.29) is 0 Å². The molecule has 0 aliphatic heterocycles. The second kappa shape index (κ2) is 5.82. The Balaban J connectivity index is 2.35. The predicted molar refractivity (Wildman–Crippen MR) is 77.9 cm³/mol. The molecule has 0 amide bonds. The number of methoxy groups -OCH3 is 2. The first-order chi connectivity index (χ1) is 9.60. The molecule has 0 saturated carbocycles. The Morgan fingerprint density at radius 1 is 1.10 bits per heavy atom. The summed E-state index contributed by atoms with van der Waals surface area (Å²) in [6, 6.07) is 7.76. The van der Waals surface area contributed by atoms with Gasteiger partial charge in [-0.1, -0.05) is 6.07 Å². The van der Waals surface area contributed by atoms with Crippen LogP contribution in [0.3, 0.4) is 0 Å². The van der Waals surface area contributed by atoms with Crippen LogP contribution < -0.4 is 9.47 Å². The van der Waals surface area contributed by atoms with Crippen molar-refractivity contribution in [3.05, 3.63) is 46.8 Å². The highest BCUT2D eigenvalue weighted by molar-refractivity contribution is 5.77. The number of ether oxygens (including phenoxy) is 2. The van der Waals surface area contributed by atoms with E-state index in [1.54, 1.807) is 14.2 Å². The zero-order valence-corrected chi connectivity index (χ0v) is 12.3. The van der Waals surface area contributed by atoms with Gasteiger partial charge in [-0.3, -0.25) is 4.79 Å². The molecule has 0 saturated heterocycles. The zero-order chi connectivity index (χ0) is 14.7. The molecule has 1 aromatic heterocycles. The summed E-state index contributed by atoms with van der Waals surface area (Å²) in [6.07, 6.45) is 0.896. The summed E-state index contributed by atoms with van der Waals surface area (Å²) >= 11 is 0. The number of aryl methyl sites for hydroxylation is 1. The minimum atomic E-state index is 0.700. The minimum Gasteiger partial charge on any atom is -0.493 e. The van der Waals surface area contributed by atoms with Crippen molar-refractivity contribution in [2.75, 3.05) is 14.2 Å². The molecule has 0 radical (unpaired) electrons. The van der Waals surface area contributed by atoms with Crippen molar-refractivity contribution in [1.82, 2.24) is 4.57 Å². The van der Waals surface area contributed by atoms with Gasteiger partial charge < -0.3 is 14.0 Å². The Morgan fingerprint density at radius 2 is 1.80 bits per heavy atom. The van der Waals surface area contributed by atoms with Gasteiger partial charge in [0, 0.05) is 23.5 Å². The van der Waals surface area contributed by atoms with Crippen molar-refractivity contribution in [3.63, 3.8) is 0 Å². The molecule has 4 nitrogen and oxygen atoms in total. The molecule has 2 rings (SSSR count). The lowest BCUT2D eigenvalue weighted by Gasteiger charge is -2.12. The lowest BCUT2D eigenvalue weighted by Crippen LogP contribution is -2.04. The van der Waals surface area contributed by atoms with E-state index >= 15 is 0 Å². The first-order valence-electron chi connectivity index (χ1n) is 6.43. The van der Waals surface area contributed by atoms with Crippen LogP contribution in [0.5, 0.6) is 11.5 Å². The monoisotopic (exact) mass is 273 g/mol. The molecule has 0 spiro atoms. The van der Waals surface area contributed by atoms with Gasteiger partial charge in [-0.2, -0.15) is 0 Å². The van der Waals surface area contributed by atoms with E-state index in [0.29, 0.717) is 18.0 Å². The molecular formula is C16H19NO3. The Morgan fingerprint density at radius 3 is 2.35 bits per heavy atom. The highest BCUT2D eigenvalue weighted by Gasteiger charge is 2.10. The van der Waals surface area contributed by atoms with Gasteiger partial charge >= 0.3 is 0 Å². The van der Waals surface area contributed by atoms with E-state index < -0.39 is 0 Å². The number of aldehydes is 1. The van der Waals surface area contributed by atoms with Crippen LogP contribution in [0.1, 0.15) is 27.3 Å². The summed E-state index contributed by atoms with van der Waals surface area (Å²) in [5, 5.41) is 0. The van der Waals surface area contributed by atoms with Crippen molar-refractivity contribution in [2.24, 2.45) is 0 Å². The van der Waals surface area contributed by atoms with Crippen LogP contribution in [0.25, 0.3) is 0 Å². The summed E-state index contributed by atoms with van der Waals surface area (Å²) in [4.78, 5) is 11.0. The lowest BCUT2D eigenvalue weighted by atomic mass is 10.2. The Bertz CT molecular complexity index is 629. The van der Waals surface area contributed by atoms with Gasteiger partial charge in [-0.25, -0.2) is 0 Å². The van der Waals surface area contributed by atoms with Gasteiger partial charge in [0.25, 0.3) is 0 Å². The molecule has 106 valence electrons. The molecule has 0 N–H and O–H groups in total. The molecule has 1 aromatic carbocycles. The SMILES string of the molecule is COc1ccc(Cn2c(C)cc(C=O)c2C)cc1OC. The summed E-state index contributed by atoms with van der Waals surface area (Å²) in [5.41, 5.74) is 3.89. The van der Waals surface area contributed by atoms with Crippen LogP contribution in [0.15, 0.2) is 24.3 Å². The molecule has 0 atom stereocenters. The first-order valence-corrected chi connectivity index (χ1v) is 6.43. The summed E-state index contributed by atoms with van der Waals surface area (Å²) < 4.78 is 12.7. The van der Waals surface area contributed by atoms with Crippen molar-refractivity contribution >= 4 is 6.29 Å². The van der Waals surface area contributed by atoms with Crippen LogP contribution in [-0.2, 0) is 6.54 Å². The average molecular weight is 273 g/mol. The number of rotatable bonds is 5. The maximum Gasteiger partial charge on any atom is 0.161 e. The zero-order valence-electron chi connectivity index (χ0n) is 12.3. The molecule has 0 bridgehead atoms. The third-order valence-corrected chi connectivity index (χ3v) is 3.53. The molecule has 0 aliphatic rings. The molecule has 4 heteroatoms. The van der Waals surface area contributed by atoms with E-state index in [4.69, 9.17) is 9.47 Å². The number of hydrogen-bond acceptors (Lipinski definition) is 3. The number of carbonyl (C=O) groups excluding carboxylic acids is 1. The fourth-order valence-electron chi connectivity index (χ4n) is 2.35. The van der Waals surface area contributed by atoms with E-state index in [1.165, 1.54) is 0 Å². The first kappa shape index (κ1) is 14.2. The summed E-state index contributed by atoms with van der Waals surface area (Å²) in [6.45, 7) is 4.66. The minimum absolute atomic E-state index is 0.700. The number of hydrogen-bond donors (Lipinski definition) is 0. The molecule has 0 fully saturated rings. The molecule has 2 aromatic rings. The van der Waals surface area contributed by atoms with Gasteiger partial charge in [0.1, 0.15) is 0 Å². The average Bonchev–Trinajstić information content (AvgIpc) is 2.74. The van der Waals surface area contributed by atoms with Crippen molar-refractivity contribution < 1.29 is 14.3 Å². The highest BCUT2D eigenvalue weighted by Crippen LogP contribution is 2.28. The third kappa shape index (κ3) is 2.54. The standard InChI is InChI=1S/C16H19NO3/c1-11-7-14(10-18)12(2)17(11)9-13-5-6-15(19-3)16(8-13)20-4/h5-8,10H,9H2,1-4H3. The highest BCUT2D eigenvalue weighted by atomic mass is 16.5. The van der Waals surface area contributed by atoms with Gasteiger partial charge in [0.15, 0.2) is 17.8 Å². The van der Waals surface area contributed by atoms with E-state index in [1.807, 2.05) is 38.1 Å². The Hall–Kier alpha value is -2.23. The largest absolute Gasteiger partial charge is 0.493 e. The topological polar surface area (TPSA) is 40.5 Å². The van der Waals surface area contributed by atoms with E-state index in [9.17, 15) is 4.79 Å². The smallest absolute Gasteiger partial charge is 0.161 e. The number of nitrogens with zero attached hydrogens (tertiary/aromatic N) is 1. The fraction of sp³-hybridized carbons (Fsp3) is 0.312. The quantitative estimate of drug-likeness (QED) is 0.786. The van der Waals surface area contributed by atoms with Crippen LogP contribution in [0, 0.1) is 13.8 Å². The van der Waals surface area contributed by atoms with E-state index in [2.05, 4.69) is 4.57 Å². The molecule has 0 aliphatic carbocycles. The number of benzene rings is 1. The van der Waals surface area contributed by atoms with Crippen LogP contribution >= 0.6 is 0 Å². The maximum atomic E-state index is 11.0. The van der Waals surface area contributed by atoms with E-state index in [0.717, 1.165) is 28.8 Å². The summed E-state index contributed by atoms with van der Waals surface area (Å²) in [7, 11) is 3.24. The van der Waals surface area contributed by atoms with Crippen molar-refractivity contribution in [1.29, 1.82) is 0 Å². The molecule has 20 heavy (non-hydrogen) atoms. The Labute approximate surface area is 118 Å². The maximum absolute atomic E-state index is 11.0. The van der Waals surface area contributed by atoms with Crippen LogP contribution in [0.4, 0.5) is 0 Å². The normalized spacial score (nSPS) is 10.4. The van der Waals surface area contributed by atoms with Gasteiger partial charge in [-0.05, 0) is 37.6 Å². The van der Waals surface area contributed by atoms with Gasteiger partial charge in [0.2, 0.25) is 0 Å². The molecule has 0 unspecified atom stereocenters. The van der Waals surface area contributed by atoms with Crippen molar-refractivity contribution in [2.45, 2.75) is 20.4 Å².